The molecule has 2 fully saturated rings. The van der Waals surface area contributed by atoms with E-state index in [1.165, 1.54) is 29.9 Å². The van der Waals surface area contributed by atoms with E-state index in [1.807, 2.05) is 0 Å². The summed E-state index contributed by atoms with van der Waals surface area (Å²) in [5.74, 6) is 2.73. The summed E-state index contributed by atoms with van der Waals surface area (Å²) in [5.41, 5.74) is 0.892. The van der Waals surface area contributed by atoms with Crippen molar-refractivity contribution in [2.75, 3.05) is 25.1 Å². The summed E-state index contributed by atoms with van der Waals surface area (Å²) in [6.07, 6.45) is 9.51. The molecule has 2 saturated heterocycles. The Morgan fingerprint density at radius 2 is 2.00 bits per heavy atom. The first-order valence-corrected chi connectivity index (χ1v) is 11.8. The summed E-state index contributed by atoms with van der Waals surface area (Å²) in [6, 6.07) is 6.53. The second-order valence-corrected chi connectivity index (χ2v) is 9.38. The molecule has 0 radical (unpaired) electrons. The second kappa shape index (κ2) is 8.21. The zero-order valence-electron chi connectivity index (χ0n) is 19.9. The zero-order chi connectivity index (χ0) is 25.1. The molecule has 0 spiro atoms. The first-order valence-electron chi connectivity index (χ1n) is 11.8. The van der Waals surface area contributed by atoms with Crippen LogP contribution in [0, 0.1) is 18.2 Å². The fourth-order valence-electron chi connectivity index (χ4n) is 5.65. The van der Waals surface area contributed by atoms with Crippen molar-refractivity contribution in [2.24, 2.45) is 7.05 Å². The van der Waals surface area contributed by atoms with Crippen LogP contribution in [0.15, 0.2) is 35.3 Å². The summed E-state index contributed by atoms with van der Waals surface area (Å²) in [6.45, 7) is 1.50. The molecule has 2 bridgehead atoms. The Balaban J connectivity index is 1.65. The fraction of sp³-hybridized carbons (Fsp3) is 0.296. The van der Waals surface area contributed by atoms with Crippen LogP contribution in [0.25, 0.3) is 32.9 Å². The van der Waals surface area contributed by atoms with E-state index in [9.17, 15) is 14.3 Å². The van der Waals surface area contributed by atoms with E-state index in [4.69, 9.17) is 16.1 Å². The average Bonchev–Trinajstić information content (AvgIpc) is 3.22. The van der Waals surface area contributed by atoms with Crippen LogP contribution in [0.1, 0.15) is 18.4 Å². The highest BCUT2D eigenvalue weighted by Crippen LogP contribution is 2.42. The molecule has 6 rings (SSSR count). The number of halogens is 1. The van der Waals surface area contributed by atoms with Gasteiger partial charge in [-0.25, -0.2) is 9.18 Å². The third-order valence-electron chi connectivity index (χ3n) is 7.24. The summed E-state index contributed by atoms with van der Waals surface area (Å²) >= 11 is 0. The Morgan fingerprint density at radius 3 is 2.69 bits per heavy atom. The molecule has 36 heavy (non-hydrogen) atoms. The maximum Gasteiger partial charge on any atom is 0.349 e. The Kier molecular flexibility index (Phi) is 5.09. The SMILES string of the molecule is C#Cc1c(F)ccc2cc(O)cc(-c3ncc4c(N5CC6CCC(C5)N6)nc(=O)n(C)c4c3OC)c12. The average molecular weight is 486 g/mol. The van der Waals surface area contributed by atoms with E-state index >= 15 is 0 Å². The molecule has 2 aliphatic rings. The molecule has 0 aliphatic carbocycles. The van der Waals surface area contributed by atoms with E-state index in [0.717, 1.165) is 25.9 Å². The number of fused-ring (bicyclic) bond motifs is 4. The number of rotatable bonds is 3. The van der Waals surface area contributed by atoms with E-state index in [0.29, 0.717) is 56.6 Å². The summed E-state index contributed by atoms with van der Waals surface area (Å²) in [5, 5.41) is 15.7. The smallest absolute Gasteiger partial charge is 0.349 e. The molecule has 0 amide bonds. The van der Waals surface area contributed by atoms with Gasteiger partial charge in [0, 0.05) is 49.4 Å². The summed E-state index contributed by atoms with van der Waals surface area (Å²) < 4.78 is 21.9. The first-order chi connectivity index (χ1) is 17.4. The molecule has 2 aromatic carbocycles. The predicted octanol–water partition coefficient (Wildman–Crippen LogP) is 2.92. The van der Waals surface area contributed by atoms with Crippen molar-refractivity contribution in [1.29, 1.82) is 0 Å². The molecular formula is C27H24FN5O3. The molecule has 4 heterocycles. The van der Waals surface area contributed by atoms with Crippen molar-refractivity contribution in [3.8, 4) is 35.1 Å². The lowest BCUT2D eigenvalue weighted by atomic mass is 9.95. The molecule has 2 atom stereocenters. The zero-order valence-corrected chi connectivity index (χ0v) is 19.9. The summed E-state index contributed by atoms with van der Waals surface area (Å²) in [7, 11) is 3.12. The number of aromatic nitrogens is 3. The van der Waals surface area contributed by atoms with Gasteiger partial charge in [0.15, 0.2) is 5.75 Å². The summed E-state index contributed by atoms with van der Waals surface area (Å²) in [4.78, 5) is 24.3. The van der Waals surface area contributed by atoms with Gasteiger partial charge in [0.05, 0.1) is 18.1 Å². The number of aromatic hydroxyl groups is 1. The molecule has 2 unspecified atom stereocenters. The number of piperazine rings is 1. The van der Waals surface area contributed by atoms with E-state index in [2.05, 4.69) is 21.1 Å². The maximum atomic E-state index is 14.7. The number of phenolic OH excluding ortho intramolecular Hbond substituents is 1. The maximum absolute atomic E-state index is 14.7. The van der Waals surface area contributed by atoms with Gasteiger partial charge < -0.3 is 20.1 Å². The van der Waals surface area contributed by atoms with Crippen molar-refractivity contribution in [3.05, 3.63) is 52.3 Å². The molecule has 9 heteroatoms. The van der Waals surface area contributed by atoms with Gasteiger partial charge in [0.2, 0.25) is 0 Å². The fourth-order valence-corrected chi connectivity index (χ4v) is 5.65. The molecule has 2 aromatic heterocycles. The Bertz CT molecular complexity index is 1650. The predicted molar refractivity (Wildman–Crippen MR) is 136 cm³/mol. The van der Waals surface area contributed by atoms with Crippen molar-refractivity contribution >= 4 is 27.5 Å². The van der Waals surface area contributed by atoms with Gasteiger partial charge in [-0.1, -0.05) is 12.0 Å². The van der Waals surface area contributed by atoms with Gasteiger partial charge in [0.1, 0.15) is 28.6 Å². The number of terminal acetylenes is 1. The van der Waals surface area contributed by atoms with E-state index in [1.54, 1.807) is 19.3 Å². The highest BCUT2D eigenvalue weighted by atomic mass is 19.1. The van der Waals surface area contributed by atoms with Gasteiger partial charge in [-0.05, 0) is 36.4 Å². The molecule has 182 valence electrons. The van der Waals surface area contributed by atoms with E-state index < -0.39 is 11.5 Å². The van der Waals surface area contributed by atoms with Crippen molar-refractivity contribution in [3.63, 3.8) is 0 Å². The number of ether oxygens (including phenoxy) is 1. The lowest BCUT2D eigenvalue weighted by Crippen LogP contribution is -2.51. The largest absolute Gasteiger partial charge is 0.508 e. The van der Waals surface area contributed by atoms with Crippen LogP contribution in [0.3, 0.4) is 0 Å². The molecule has 2 aliphatic heterocycles. The number of benzene rings is 2. The third kappa shape index (κ3) is 3.29. The number of methoxy groups -OCH3 is 1. The number of phenols is 1. The topological polar surface area (TPSA) is 92.5 Å². The molecule has 2 N–H and O–H groups in total. The quantitative estimate of drug-likeness (QED) is 0.431. The third-order valence-corrected chi connectivity index (χ3v) is 7.24. The van der Waals surface area contributed by atoms with Gasteiger partial charge in [-0.2, -0.15) is 4.98 Å². The number of nitrogens with zero attached hydrogens (tertiary/aromatic N) is 4. The first kappa shape index (κ1) is 22.3. The molecule has 8 nitrogen and oxygen atoms in total. The molecular weight excluding hydrogens is 461 g/mol. The number of nitrogens with one attached hydrogen (secondary N) is 1. The number of pyridine rings is 1. The minimum Gasteiger partial charge on any atom is -0.508 e. The van der Waals surface area contributed by atoms with Crippen molar-refractivity contribution in [1.82, 2.24) is 19.9 Å². The lowest BCUT2D eigenvalue weighted by molar-refractivity contribution is 0.417. The number of hydrogen-bond donors (Lipinski definition) is 2. The van der Waals surface area contributed by atoms with Crippen LogP contribution in [0.5, 0.6) is 11.5 Å². The van der Waals surface area contributed by atoms with Crippen LogP contribution >= 0.6 is 0 Å². The van der Waals surface area contributed by atoms with Gasteiger partial charge in [0.25, 0.3) is 0 Å². The Hall–Kier alpha value is -4.16. The van der Waals surface area contributed by atoms with Gasteiger partial charge in [-0.3, -0.25) is 9.55 Å². The van der Waals surface area contributed by atoms with Crippen LogP contribution in [0.4, 0.5) is 10.2 Å². The van der Waals surface area contributed by atoms with Crippen molar-refractivity contribution in [2.45, 2.75) is 24.9 Å². The number of aryl methyl sites for hydroxylation is 1. The highest BCUT2D eigenvalue weighted by molar-refractivity contribution is 6.05. The minimum atomic E-state index is -0.552. The number of hydrogen-bond acceptors (Lipinski definition) is 7. The second-order valence-electron chi connectivity index (χ2n) is 9.38. The van der Waals surface area contributed by atoms with Crippen LogP contribution < -0.4 is 20.6 Å². The van der Waals surface area contributed by atoms with Gasteiger partial charge >= 0.3 is 5.69 Å². The van der Waals surface area contributed by atoms with Gasteiger partial charge in [-0.15, -0.1) is 6.42 Å². The molecule has 0 saturated carbocycles. The normalized spacial score (nSPS) is 19.1. The Morgan fingerprint density at radius 1 is 1.25 bits per heavy atom. The molecule has 4 aromatic rings. The van der Waals surface area contributed by atoms with Crippen LogP contribution in [-0.4, -0.2) is 51.9 Å². The standard InChI is InChI=1S/C27H24FN5O3/c1-4-18-21(28)8-5-14-9-17(34)10-19(22(14)18)23-25(36-3)24-20(11-29-23)26(31-27(35)32(24)2)33-12-15-6-7-16(13-33)30-15/h1,5,8-11,15-16,30,34H,6-7,12-13H2,2-3H3. The Labute approximate surface area is 206 Å². The lowest BCUT2D eigenvalue weighted by Gasteiger charge is -2.34. The monoisotopic (exact) mass is 485 g/mol. The van der Waals surface area contributed by atoms with Crippen molar-refractivity contribution < 1.29 is 14.2 Å². The highest BCUT2D eigenvalue weighted by Gasteiger charge is 2.34. The number of anilines is 1. The minimum absolute atomic E-state index is 0.0309. The van der Waals surface area contributed by atoms with E-state index in [-0.39, 0.29) is 11.3 Å². The van der Waals surface area contributed by atoms with Crippen LogP contribution in [0.2, 0.25) is 0 Å². The van der Waals surface area contributed by atoms with Crippen LogP contribution in [-0.2, 0) is 7.05 Å².